The molecule has 0 saturated carbocycles. The SMILES string of the molecule is Cc1nn(CC(=O)N2CCC(n3nnc(-c4ccc(F)cc4)n3)CC2)c(=O)c2ccccc12. The van der Waals surface area contributed by atoms with Gasteiger partial charge in [0.2, 0.25) is 11.7 Å². The summed E-state index contributed by atoms with van der Waals surface area (Å²) >= 11 is 0. The lowest BCUT2D eigenvalue weighted by atomic mass is 10.1. The molecule has 0 bridgehead atoms. The van der Waals surface area contributed by atoms with Crippen molar-refractivity contribution in [3.8, 4) is 11.4 Å². The van der Waals surface area contributed by atoms with Crippen molar-refractivity contribution < 1.29 is 9.18 Å². The molecule has 5 rings (SSSR count). The van der Waals surface area contributed by atoms with Gasteiger partial charge in [0.1, 0.15) is 12.4 Å². The molecular formula is C23H22FN7O2. The predicted molar refractivity (Wildman–Crippen MR) is 119 cm³/mol. The van der Waals surface area contributed by atoms with Crippen LogP contribution >= 0.6 is 0 Å². The van der Waals surface area contributed by atoms with Crippen LogP contribution in [-0.2, 0) is 11.3 Å². The second-order valence-corrected chi connectivity index (χ2v) is 8.15. The Bertz CT molecular complexity index is 1370. The summed E-state index contributed by atoms with van der Waals surface area (Å²) in [5.74, 6) is -0.0265. The molecule has 10 heteroatoms. The first-order valence-electron chi connectivity index (χ1n) is 10.8. The molecule has 2 aromatic heterocycles. The van der Waals surface area contributed by atoms with E-state index in [9.17, 15) is 14.0 Å². The van der Waals surface area contributed by atoms with Gasteiger partial charge in [0.25, 0.3) is 5.56 Å². The zero-order chi connectivity index (χ0) is 22.9. The summed E-state index contributed by atoms with van der Waals surface area (Å²) in [4.78, 5) is 28.9. The molecule has 9 nitrogen and oxygen atoms in total. The van der Waals surface area contributed by atoms with Crippen molar-refractivity contribution in [3.63, 3.8) is 0 Å². The molecule has 3 heterocycles. The van der Waals surface area contributed by atoms with E-state index in [1.54, 1.807) is 34.0 Å². The molecule has 1 saturated heterocycles. The number of hydrogen-bond acceptors (Lipinski definition) is 6. The minimum absolute atomic E-state index is 0.0134. The van der Waals surface area contributed by atoms with Crippen molar-refractivity contribution in [1.29, 1.82) is 0 Å². The number of amides is 1. The molecule has 1 aliphatic rings. The van der Waals surface area contributed by atoms with Gasteiger partial charge in [0.15, 0.2) is 0 Å². The minimum atomic E-state index is -0.320. The highest BCUT2D eigenvalue weighted by molar-refractivity contribution is 5.83. The molecule has 1 amide bonds. The Morgan fingerprint density at radius 3 is 2.45 bits per heavy atom. The Morgan fingerprint density at radius 1 is 1.03 bits per heavy atom. The van der Waals surface area contributed by atoms with E-state index < -0.39 is 0 Å². The fraction of sp³-hybridized carbons (Fsp3) is 0.304. The number of aromatic nitrogens is 6. The van der Waals surface area contributed by atoms with E-state index in [4.69, 9.17) is 0 Å². The van der Waals surface area contributed by atoms with Crippen LogP contribution in [0.2, 0.25) is 0 Å². The predicted octanol–water partition coefficient (Wildman–Crippen LogP) is 2.36. The van der Waals surface area contributed by atoms with Crippen molar-refractivity contribution in [2.75, 3.05) is 13.1 Å². The number of likely N-dealkylation sites (tertiary alicyclic amines) is 1. The Labute approximate surface area is 188 Å². The zero-order valence-electron chi connectivity index (χ0n) is 18.1. The molecule has 33 heavy (non-hydrogen) atoms. The molecule has 0 spiro atoms. The van der Waals surface area contributed by atoms with Gasteiger partial charge in [-0.3, -0.25) is 9.59 Å². The lowest BCUT2D eigenvalue weighted by Gasteiger charge is -2.31. The topological polar surface area (TPSA) is 98.8 Å². The molecule has 0 unspecified atom stereocenters. The van der Waals surface area contributed by atoms with E-state index >= 15 is 0 Å². The average Bonchev–Trinajstić information content (AvgIpc) is 3.33. The van der Waals surface area contributed by atoms with Gasteiger partial charge in [-0.05, 0) is 55.3 Å². The van der Waals surface area contributed by atoms with E-state index in [-0.39, 0.29) is 29.9 Å². The third kappa shape index (κ3) is 4.11. The molecular weight excluding hydrogens is 425 g/mol. The first kappa shape index (κ1) is 20.9. The lowest BCUT2D eigenvalue weighted by Crippen LogP contribution is -2.42. The fourth-order valence-corrected chi connectivity index (χ4v) is 4.18. The van der Waals surface area contributed by atoms with E-state index in [2.05, 4.69) is 20.5 Å². The van der Waals surface area contributed by atoms with Gasteiger partial charge in [-0.2, -0.15) is 9.90 Å². The highest BCUT2D eigenvalue weighted by Gasteiger charge is 2.26. The van der Waals surface area contributed by atoms with Crippen molar-refractivity contribution >= 4 is 16.7 Å². The Morgan fingerprint density at radius 2 is 1.73 bits per heavy atom. The smallest absolute Gasteiger partial charge is 0.275 e. The van der Waals surface area contributed by atoms with Gasteiger partial charge < -0.3 is 4.90 Å². The molecule has 4 aromatic rings. The Balaban J connectivity index is 1.24. The largest absolute Gasteiger partial charge is 0.341 e. The Kier molecular flexibility index (Phi) is 5.41. The number of benzene rings is 2. The van der Waals surface area contributed by atoms with Crippen molar-refractivity contribution in [2.24, 2.45) is 0 Å². The van der Waals surface area contributed by atoms with E-state index in [1.165, 1.54) is 16.8 Å². The van der Waals surface area contributed by atoms with Crippen molar-refractivity contribution in [1.82, 2.24) is 34.9 Å². The van der Waals surface area contributed by atoms with Gasteiger partial charge in [-0.1, -0.05) is 18.2 Å². The number of fused-ring (bicyclic) bond motifs is 1. The number of piperidine rings is 1. The van der Waals surface area contributed by atoms with Crippen LogP contribution in [0.1, 0.15) is 24.6 Å². The standard InChI is InChI=1S/C23H22FN7O2/c1-15-19-4-2-3-5-20(19)23(33)30(26-15)14-21(32)29-12-10-18(11-13-29)31-27-22(25-28-31)16-6-8-17(24)9-7-16/h2-9,18H,10-14H2,1H3. The maximum atomic E-state index is 13.1. The number of tetrazole rings is 1. The molecule has 1 aliphatic heterocycles. The third-order valence-corrected chi connectivity index (χ3v) is 6.01. The summed E-state index contributed by atoms with van der Waals surface area (Å²) < 4.78 is 14.4. The highest BCUT2D eigenvalue weighted by atomic mass is 19.1. The van der Waals surface area contributed by atoms with Crippen LogP contribution in [0.4, 0.5) is 4.39 Å². The van der Waals surface area contributed by atoms with Gasteiger partial charge in [-0.15, -0.1) is 10.2 Å². The number of halogens is 1. The molecule has 0 atom stereocenters. The van der Waals surface area contributed by atoms with Crippen LogP contribution in [-0.4, -0.2) is 53.9 Å². The van der Waals surface area contributed by atoms with Gasteiger partial charge in [0, 0.05) is 24.0 Å². The monoisotopic (exact) mass is 447 g/mol. The average molecular weight is 447 g/mol. The first-order chi connectivity index (χ1) is 16.0. The van der Waals surface area contributed by atoms with Crippen LogP contribution in [0.25, 0.3) is 22.2 Å². The summed E-state index contributed by atoms with van der Waals surface area (Å²) in [5, 5.41) is 18.4. The van der Waals surface area contributed by atoms with Crippen molar-refractivity contribution in [2.45, 2.75) is 32.4 Å². The number of nitrogens with zero attached hydrogens (tertiary/aromatic N) is 7. The van der Waals surface area contributed by atoms with Crippen LogP contribution in [0.5, 0.6) is 0 Å². The summed E-state index contributed by atoms with van der Waals surface area (Å²) in [6, 6.07) is 13.2. The molecule has 0 N–H and O–H groups in total. The van der Waals surface area contributed by atoms with Crippen molar-refractivity contribution in [3.05, 3.63) is 70.4 Å². The quantitative estimate of drug-likeness (QED) is 0.476. The van der Waals surface area contributed by atoms with E-state index in [0.717, 1.165) is 5.39 Å². The molecule has 168 valence electrons. The summed E-state index contributed by atoms with van der Waals surface area (Å²) in [6.07, 6.45) is 1.34. The maximum absolute atomic E-state index is 13.1. The molecule has 1 fully saturated rings. The summed E-state index contributed by atoms with van der Waals surface area (Å²) in [6.45, 7) is 2.79. The normalized spacial score (nSPS) is 14.7. The minimum Gasteiger partial charge on any atom is -0.341 e. The number of rotatable bonds is 4. The first-order valence-corrected chi connectivity index (χ1v) is 10.8. The van der Waals surface area contributed by atoms with Crippen LogP contribution in [0.3, 0.4) is 0 Å². The Hall–Kier alpha value is -3.95. The van der Waals surface area contributed by atoms with E-state index in [1.807, 2.05) is 19.1 Å². The van der Waals surface area contributed by atoms with Gasteiger partial charge in [0.05, 0.1) is 17.1 Å². The van der Waals surface area contributed by atoms with Crippen LogP contribution < -0.4 is 5.56 Å². The number of carbonyl (C=O) groups is 1. The molecule has 0 aliphatic carbocycles. The number of aryl methyl sites for hydroxylation is 1. The maximum Gasteiger partial charge on any atom is 0.275 e. The zero-order valence-corrected chi connectivity index (χ0v) is 18.1. The number of hydrogen-bond donors (Lipinski definition) is 0. The third-order valence-electron chi connectivity index (χ3n) is 6.01. The van der Waals surface area contributed by atoms with Crippen LogP contribution in [0, 0.1) is 12.7 Å². The molecule has 0 radical (unpaired) electrons. The highest BCUT2D eigenvalue weighted by Crippen LogP contribution is 2.22. The fourth-order valence-electron chi connectivity index (χ4n) is 4.18. The van der Waals surface area contributed by atoms with Crippen LogP contribution in [0.15, 0.2) is 53.3 Å². The van der Waals surface area contributed by atoms with E-state index in [0.29, 0.717) is 48.4 Å². The van der Waals surface area contributed by atoms with Gasteiger partial charge in [-0.25, -0.2) is 9.07 Å². The van der Waals surface area contributed by atoms with Gasteiger partial charge >= 0.3 is 0 Å². The number of carbonyl (C=O) groups excluding carboxylic acids is 1. The lowest BCUT2D eigenvalue weighted by molar-refractivity contribution is -0.133. The second kappa shape index (κ2) is 8.53. The second-order valence-electron chi connectivity index (χ2n) is 8.15. The summed E-state index contributed by atoms with van der Waals surface area (Å²) in [5.41, 5.74) is 1.14. The summed E-state index contributed by atoms with van der Waals surface area (Å²) in [7, 11) is 0. The molecule has 2 aromatic carbocycles.